The number of benzene rings is 1. The van der Waals surface area contributed by atoms with E-state index in [1.54, 1.807) is 31.2 Å². The molecule has 1 aromatic heterocycles. The fourth-order valence-electron chi connectivity index (χ4n) is 2.10. The van der Waals surface area contributed by atoms with Gasteiger partial charge in [0.05, 0.1) is 24.8 Å². The van der Waals surface area contributed by atoms with Crippen molar-refractivity contribution in [3.8, 4) is 5.75 Å². The number of carbonyl (C=O) groups is 2. The average Bonchev–Trinajstić information content (AvgIpc) is 3.16. The molecule has 1 unspecified atom stereocenters. The van der Waals surface area contributed by atoms with Gasteiger partial charge in [0.2, 0.25) is 15.2 Å². The molecule has 0 saturated carbocycles. The average molecular weight is 475 g/mol. The van der Waals surface area contributed by atoms with Gasteiger partial charge in [0.1, 0.15) is 5.75 Å². The highest BCUT2D eigenvalue weighted by molar-refractivity contribution is 8.01. The van der Waals surface area contributed by atoms with Crippen LogP contribution in [0.3, 0.4) is 0 Å². The fraction of sp³-hybridized carbons (Fsp3) is 0.412. The Hall–Kier alpha value is -2.38. The highest BCUT2D eigenvalue weighted by atomic mass is 32.2. The zero-order valence-corrected chi connectivity index (χ0v) is 19.3. The normalized spacial score (nSPS) is 12.1. The van der Waals surface area contributed by atoms with E-state index in [4.69, 9.17) is 4.74 Å². The van der Waals surface area contributed by atoms with E-state index in [0.29, 0.717) is 27.3 Å². The first-order valence-corrected chi connectivity index (χ1v) is 12.3. The minimum Gasteiger partial charge on any atom is -0.481 e. The van der Waals surface area contributed by atoms with E-state index in [2.05, 4.69) is 20.3 Å². The summed E-state index contributed by atoms with van der Waals surface area (Å²) in [6.07, 6.45) is 0.736. The number of thioether (sulfide) groups is 1. The summed E-state index contributed by atoms with van der Waals surface area (Å²) >= 11 is 2.30. The highest BCUT2D eigenvalue weighted by Gasteiger charge is 2.21. The molecule has 0 aliphatic carbocycles. The zero-order valence-electron chi connectivity index (χ0n) is 16.8. The van der Waals surface area contributed by atoms with Crippen molar-refractivity contribution in [2.45, 2.75) is 23.8 Å². The maximum Gasteiger partial charge on any atom is 0.316 e. The topological polar surface area (TPSA) is 128 Å². The molecular weight excluding hydrogens is 452 g/mol. The van der Waals surface area contributed by atoms with Crippen molar-refractivity contribution in [2.24, 2.45) is 0 Å². The van der Waals surface area contributed by atoms with Crippen LogP contribution in [0.15, 0.2) is 28.6 Å². The number of anilines is 2. The predicted molar refractivity (Wildman–Crippen MR) is 116 cm³/mol. The van der Waals surface area contributed by atoms with Gasteiger partial charge in [-0.05, 0) is 30.7 Å². The van der Waals surface area contributed by atoms with Crippen LogP contribution in [0.5, 0.6) is 5.75 Å². The number of hydrogen-bond acceptors (Lipinski definition) is 10. The van der Waals surface area contributed by atoms with Crippen LogP contribution in [0.1, 0.15) is 13.3 Å². The molecule has 0 saturated heterocycles. The lowest BCUT2D eigenvalue weighted by Crippen LogP contribution is -2.32. The summed E-state index contributed by atoms with van der Waals surface area (Å²) in [6.45, 7) is 1.80. The SMILES string of the molecule is CCC(Oc1ccc(N(C)S(C)(=O)=O)cc1)C(=O)Nc1nnc(SCC(=O)OC)s1. The van der Waals surface area contributed by atoms with Gasteiger partial charge in [-0.15, -0.1) is 10.2 Å². The summed E-state index contributed by atoms with van der Waals surface area (Å²) in [5, 5.41) is 10.7. The first-order chi connectivity index (χ1) is 14.1. The smallest absolute Gasteiger partial charge is 0.316 e. The quantitative estimate of drug-likeness (QED) is 0.312. The minimum atomic E-state index is -3.36. The number of hydrogen-bond donors (Lipinski definition) is 1. The molecule has 164 valence electrons. The molecule has 0 bridgehead atoms. The van der Waals surface area contributed by atoms with Gasteiger partial charge in [0.15, 0.2) is 10.4 Å². The summed E-state index contributed by atoms with van der Waals surface area (Å²) in [5.41, 5.74) is 0.480. The van der Waals surface area contributed by atoms with Crippen LogP contribution < -0.4 is 14.4 Å². The van der Waals surface area contributed by atoms with E-state index in [0.717, 1.165) is 33.7 Å². The molecule has 1 amide bonds. The monoisotopic (exact) mass is 474 g/mol. The Morgan fingerprint density at radius 2 is 1.93 bits per heavy atom. The van der Waals surface area contributed by atoms with Crippen LogP contribution in [-0.4, -0.2) is 62.8 Å². The fourth-order valence-corrected chi connectivity index (χ4v) is 4.19. The lowest BCUT2D eigenvalue weighted by atomic mass is 10.2. The number of methoxy groups -OCH3 is 1. The number of carbonyl (C=O) groups excluding carboxylic acids is 2. The van der Waals surface area contributed by atoms with E-state index < -0.39 is 22.0 Å². The summed E-state index contributed by atoms with van der Waals surface area (Å²) < 4.78 is 35.2. The van der Waals surface area contributed by atoms with Crippen molar-refractivity contribution in [1.29, 1.82) is 0 Å². The van der Waals surface area contributed by atoms with E-state index in [1.807, 2.05) is 0 Å². The molecule has 30 heavy (non-hydrogen) atoms. The zero-order chi connectivity index (χ0) is 22.3. The third kappa shape index (κ3) is 6.85. The maximum absolute atomic E-state index is 12.5. The molecule has 0 aliphatic heterocycles. The second-order valence-electron chi connectivity index (χ2n) is 5.97. The maximum atomic E-state index is 12.5. The number of ether oxygens (including phenoxy) is 2. The molecule has 1 heterocycles. The van der Waals surface area contributed by atoms with Gasteiger partial charge in [-0.2, -0.15) is 0 Å². The van der Waals surface area contributed by atoms with E-state index in [1.165, 1.54) is 14.2 Å². The molecule has 1 aromatic carbocycles. The number of aromatic nitrogens is 2. The van der Waals surface area contributed by atoms with Crippen LogP contribution in [0.4, 0.5) is 10.8 Å². The molecule has 10 nitrogen and oxygen atoms in total. The van der Waals surface area contributed by atoms with Gasteiger partial charge >= 0.3 is 5.97 Å². The number of nitrogens with one attached hydrogen (secondary N) is 1. The third-order valence-electron chi connectivity index (χ3n) is 3.82. The van der Waals surface area contributed by atoms with Crippen molar-refractivity contribution < 1.29 is 27.5 Å². The van der Waals surface area contributed by atoms with Crippen molar-refractivity contribution in [2.75, 3.05) is 35.8 Å². The van der Waals surface area contributed by atoms with Crippen molar-refractivity contribution in [1.82, 2.24) is 10.2 Å². The molecule has 0 fully saturated rings. The molecule has 1 N–H and O–H groups in total. The van der Waals surface area contributed by atoms with Gasteiger partial charge in [-0.1, -0.05) is 30.0 Å². The summed E-state index contributed by atoms with van der Waals surface area (Å²) in [4.78, 5) is 23.7. The van der Waals surface area contributed by atoms with E-state index in [9.17, 15) is 18.0 Å². The third-order valence-corrected chi connectivity index (χ3v) is 6.97. The summed E-state index contributed by atoms with van der Waals surface area (Å²) in [5.74, 6) is -0.247. The number of nitrogens with zero attached hydrogens (tertiary/aromatic N) is 3. The Morgan fingerprint density at radius 1 is 1.27 bits per heavy atom. The van der Waals surface area contributed by atoms with Crippen LogP contribution in [-0.2, 0) is 24.3 Å². The number of rotatable bonds is 10. The van der Waals surface area contributed by atoms with Gasteiger partial charge in [0, 0.05) is 7.05 Å². The largest absolute Gasteiger partial charge is 0.481 e. The lowest BCUT2D eigenvalue weighted by Gasteiger charge is -2.19. The molecular formula is C17H22N4O6S3. The lowest BCUT2D eigenvalue weighted by molar-refractivity contribution is -0.137. The standard InChI is InChI=1S/C17H22N4O6S3/c1-5-13(27-12-8-6-11(7-9-12)21(2)30(4,24)25)15(23)18-16-19-20-17(29-16)28-10-14(22)26-3/h6-9,13H,5,10H2,1-4H3,(H,18,19,23). The molecule has 0 aliphatic rings. The number of amides is 1. The van der Waals surface area contributed by atoms with Crippen molar-refractivity contribution in [3.05, 3.63) is 24.3 Å². The van der Waals surface area contributed by atoms with Gasteiger partial charge < -0.3 is 9.47 Å². The number of sulfonamides is 1. The van der Waals surface area contributed by atoms with Crippen LogP contribution in [0.2, 0.25) is 0 Å². The molecule has 0 radical (unpaired) electrons. The Bertz CT molecular complexity index is 978. The van der Waals surface area contributed by atoms with Gasteiger partial charge in [-0.3, -0.25) is 19.2 Å². The second-order valence-corrected chi connectivity index (χ2v) is 10.2. The Morgan fingerprint density at radius 3 is 2.50 bits per heavy atom. The van der Waals surface area contributed by atoms with E-state index >= 15 is 0 Å². The second kappa shape index (κ2) is 10.6. The van der Waals surface area contributed by atoms with Crippen LogP contribution in [0, 0.1) is 0 Å². The van der Waals surface area contributed by atoms with Crippen LogP contribution >= 0.6 is 23.1 Å². The summed E-state index contributed by atoms with van der Waals surface area (Å²) in [7, 11) is -0.610. The summed E-state index contributed by atoms with van der Waals surface area (Å²) in [6, 6.07) is 6.38. The molecule has 13 heteroatoms. The number of esters is 1. The van der Waals surface area contributed by atoms with E-state index in [-0.39, 0.29) is 11.7 Å². The molecule has 2 rings (SSSR count). The highest BCUT2D eigenvalue weighted by Crippen LogP contribution is 2.26. The van der Waals surface area contributed by atoms with Gasteiger partial charge in [-0.25, -0.2) is 8.42 Å². The van der Waals surface area contributed by atoms with Crippen LogP contribution in [0.25, 0.3) is 0 Å². The van der Waals surface area contributed by atoms with Crippen molar-refractivity contribution in [3.63, 3.8) is 0 Å². The minimum absolute atomic E-state index is 0.101. The molecule has 1 atom stereocenters. The predicted octanol–water partition coefficient (Wildman–Crippen LogP) is 2.00. The Balaban J connectivity index is 1.97. The first-order valence-electron chi connectivity index (χ1n) is 8.68. The Labute approximate surface area is 183 Å². The van der Waals surface area contributed by atoms with Crippen molar-refractivity contribution >= 4 is 55.8 Å². The van der Waals surface area contributed by atoms with Gasteiger partial charge in [0.25, 0.3) is 5.91 Å². The molecule has 2 aromatic rings. The molecule has 0 spiro atoms. The first kappa shape index (κ1) is 23.9. The Kier molecular flexibility index (Phi) is 8.43.